The lowest BCUT2D eigenvalue weighted by atomic mass is 10.1. The number of nitrogens with two attached hydrogens (primary N) is 1. The Morgan fingerprint density at radius 3 is 3.06 bits per heavy atom. The molecular formula is C13H14FNOS. The van der Waals surface area contributed by atoms with Crippen LogP contribution in [0.3, 0.4) is 0 Å². The Morgan fingerprint density at radius 2 is 2.29 bits per heavy atom. The molecule has 2 aromatic rings. The molecule has 3 rings (SSSR count). The Bertz CT molecular complexity index is 533. The molecule has 2 heterocycles. The average molecular weight is 251 g/mol. The molecule has 1 saturated heterocycles. The summed E-state index contributed by atoms with van der Waals surface area (Å²) in [7, 11) is 0. The molecule has 1 aliphatic heterocycles. The molecular weight excluding hydrogens is 237 g/mol. The van der Waals surface area contributed by atoms with Crippen molar-refractivity contribution in [1.29, 1.82) is 0 Å². The molecule has 1 aromatic carbocycles. The van der Waals surface area contributed by atoms with E-state index in [1.54, 1.807) is 6.07 Å². The average Bonchev–Trinajstić information content (AvgIpc) is 2.96. The smallest absolute Gasteiger partial charge is 0.134 e. The van der Waals surface area contributed by atoms with E-state index in [4.69, 9.17) is 10.2 Å². The first kappa shape index (κ1) is 11.1. The van der Waals surface area contributed by atoms with Gasteiger partial charge in [0.2, 0.25) is 0 Å². The highest BCUT2D eigenvalue weighted by Crippen LogP contribution is 2.36. The van der Waals surface area contributed by atoms with Gasteiger partial charge in [-0.2, -0.15) is 11.8 Å². The number of rotatable bonds is 2. The van der Waals surface area contributed by atoms with Crippen LogP contribution in [0.5, 0.6) is 0 Å². The molecule has 0 radical (unpaired) electrons. The second-order valence-electron chi connectivity index (χ2n) is 4.41. The maximum atomic E-state index is 13.1. The highest BCUT2D eigenvalue weighted by Gasteiger charge is 2.26. The van der Waals surface area contributed by atoms with Gasteiger partial charge in [-0.1, -0.05) is 0 Å². The van der Waals surface area contributed by atoms with Crippen molar-refractivity contribution >= 4 is 22.7 Å². The minimum Gasteiger partial charge on any atom is -0.459 e. The monoisotopic (exact) mass is 251 g/mol. The van der Waals surface area contributed by atoms with E-state index >= 15 is 0 Å². The van der Waals surface area contributed by atoms with Crippen molar-refractivity contribution in [3.05, 3.63) is 35.8 Å². The largest absolute Gasteiger partial charge is 0.459 e. The first-order valence-corrected chi connectivity index (χ1v) is 6.85. The Kier molecular flexibility index (Phi) is 2.84. The molecule has 0 amide bonds. The van der Waals surface area contributed by atoms with Crippen LogP contribution in [0.2, 0.25) is 0 Å². The molecule has 2 nitrogen and oxygen atoms in total. The van der Waals surface area contributed by atoms with Gasteiger partial charge < -0.3 is 10.2 Å². The zero-order chi connectivity index (χ0) is 11.8. The maximum absolute atomic E-state index is 13.1. The first-order chi connectivity index (χ1) is 8.24. The zero-order valence-corrected chi connectivity index (χ0v) is 10.2. The molecule has 90 valence electrons. The van der Waals surface area contributed by atoms with Crippen molar-refractivity contribution in [2.24, 2.45) is 5.73 Å². The third-order valence-corrected chi connectivity index (χ3v) is 4.67. The van der Waals surface area contributed by atoms with E-state index in [-0.39, 0.29) is 11.9 Å². The minimum atomic E-state index is -0.242. The normalized spacial score (nSPS) is 22.1. The number of hydrogen-bond acceptors (Lipinski definition) is 3. The predicted molar refractivity (Wildman–Crippen MR) is 68.6 cm³/mol. The number of halogens is 1. The van der Waals surface area contributed by atoms with Gasteiger partial charge >= 0.3 is 0 Å². The number of furan rings is 1. The van der Waals surface area contributed by atoms with Crippen molar-refractivity contribution in [1.82, 2.24) is 0 Å². The third kappa shape index (κ3) is 2.07. The van der Waals surface area contributed by atoms with E-state index in [1.165, 1.54) is 24.3 Å². The van der Waals surface area contributed by atoms with Crippen LogP contribution in [0, 0.1) is 5.82 Å². The summed E-state index contributed by atoms with van der Waals surface area (Å²) in [6.45, 7) is 0. The van der Waals surface area contributed by atoms with Crippen LogP contribution in [0.25, 0.3) is 11.0 Å². The van der Waals surface area contributed by atoms with Crippen LogP contribution in [-0.2, 0) is 0 Å². The molecule has 2 unspecified atom stereocenters. The Hall–Kier alpha value is -1.000. The number of hydrogen-bond donors (Lipinski definition) is 1. The number of benzene rings is 1. The summed E-state index contributed by atoms with van der Waals surface area (Å²) in [6.07, 6.45) is 2.36. The van der Waals surface area contributed by atoms with Gasteiger partial charge in [0, 0.05) is 10.6 Å². The molecule has 1 aromatic heterocycles. The summed E-state index contributed by atoms with van der Waals surface area (Å²) in [5.41, 5.74) is 6.90. The Balaban J connectivity index is 1.94. The van der Waals surface area contributed by atoms with E-state index in [0.29, 0.717) is 10.8 Å². The summed E-state index contributed by atoms with van der Waals surface area (Å²) in [5.74, 6) is 1.70. The van der Waals surface area contributed by atoms with Crippen molar-refractivity contribution in [3.63, 3.8) is 0 Å². The van der Waals surface area contributed by atoms with Gasteiger partial charge in [-0.25, -0.2) is 4.39 Å². The van der Waals surface area contributed by atoms with Crippen molar-refractivity contribution in [3.8, 4) is 0 Å². The molecule has 2 N–H and O–H groups in total. The van der Waals surface area contributed by atoms with E-state index in [0.717, 1.165) is 17.6 Å². The van der Waals surface area contributed by atoms with Crippen molar-refractivity contribution in [2.45, 2.75) is 24.1 Å². The molecule has 0 spiro atoms. The topological polar surface area (TPSA) is 39.2 Å². The fourth-order valence-corrected chi connectivity index (χ4v) is 3.58. The van der Waals surface area contributed by atoms with Crippen LogP contribution >= 0.6 is 11.8 Å². The van der Waals surface area contributed by atoms with Gasteiger partial charge in [-0.3, -0.25) is 0 Å². The second kappa shape index (κ2) is 4.35. The lowest BCUT2D eigenvalue weighted by Gasteiger charge is -2.15. The van der Waals surface area contributed by atoms with E-state index < -0.39 is 0 Å². The quantitative estimate of drug-likeness (QED) is 0.888. The highest BCUT2D eigenvalue weighted by atomic mass is 32.2. The van der Waals surface area contributed by atoms with E-state index in [1.807, 2.05) is 17.8 Å². The lowest BCUT2D eigenvalue weighted by Crippen LogP contribution is -2.20. The summed E-state index contributed by atoms with van der Waals surface area (Å²) >= 11 is 1.90. The summed E-state index contributed by atoms with van der Waals surface area (Å²) < 4.78 is 18.8. The van der Waals surface area contributed by atoms with Gasteiger partial charge in [0.15, 0.2) is 0 Å². The Morgan fingerprint density at radius 1 is 1.41 bits per heavy atom. The standard InChI is InChI=1S/C13H14FNOS/c14-9-3-4-10-8(6-9)7-11(16-10)13(15)12-2-1-5-17-12/h3-4,6-7,12-13H,1-2,5,15H2. The molecule has 1 fully saturated rings. The lowest BCUT2D eigenvalue weighted by molar-refractivity contribution is 0.481. The van der Waals surface area contributed by atoms with Gasteiger partial charge in [0.1, 0.15) is 17.2 Å². The molecule has 17 heavy (non-hydrogen) atoms. The summed E-state index contributed by atoms with van der Waals surface area (Å²) in [4.78, 5) is 0. The van der Waals surface area contributed by atoms with E-state index in [2.05, 4.69) is 0 Å². The SMILES string of the molecule is NC(c1cc2cc(F)ccc2o1)C1CCCS1. The van der Waals surface area contributed by atoms with Gasteiger partial charge in [0.25, 0.3) is 0 Å². The van der Waals surface area contributed by atoms with Crippen LogP contribution in [0.1, 0.15) is 24.6 Å². The van der Waals surface area contributed by atoms with Crippen LogP contribution in [-0.4, -0.2) is 11.0 Å². The molecule has 4 heteroatoms. The van der Waals surface area contributed by atoms with Crippen molar-refractivity contribution < 1.29 is 8.81 Å². The minimum absolute atomic E-state index is 0.0852. The number of fused-ring (bicyclic) bond motifs is 1. The fourth-order valence-electron chi connectivity index (χ4n) is 2.27. The Labute approximate surface area is 103 Å². The first-order valence-electron chi connectivity index (χ1n) is 5.80. The third-order valence-electron chi connectivity index (χ3n) is 3.19. The number of thioether (sulfide) groups is 1. The van der Waals surface area contributed by atoms with Gasteiger partial charge in [0.05, 0.1) is 6.04 Å². The molecule has 1 aliphatic rings. The summed E-state index contributed by atoms with van der Waals surface area (Å²) in [5, 5.41) is 1.22. The molecule has 0 bridgehead atoms. The van der Waals surface area contributed by atoms with Crippen LogP contribution in [0.4, 0.5) is 4.39 Å². The van der Waals surface area contributed by atoms with Crippen molar-refractivity contribution in [2.75, 3.05) is 5.75 Å². The van der Waals surface area contributed by atoms with Crippen LogP contribution in [0.15, 0.2) is 28.7 Å². The van der Waals surface area contributed by atoms with Crippen LogP contribution < -0.4 is 5.73 Å². The predicted octanol–water partition coefficient (Wildman–Crippen LogP) is 3.47. The zero-order valence-electron chi connectivity index (χ0n) is 9.36. The molecule has 0 saturated carbocycles. The fraction of sp³-hybridized carbons (Fsp3) is 0.385. The maximum Gasteiger partial charge on any atom is 0.134 e. The molecule has 2 atom stereocenters. The van der Waals surface area contributed by atoms with E-state index in [9.17, 15) is 4.39 Å². The summed E-state index contributed by atoms with van der Waals surface area (Å²) in [6, 6.07) is 6.32. The highest BCUT2D eigenvalue weighted by molar-refractivity contribution is 8.00. The molecule has 0 aliphatic carbocycles. The van der Waals surface area contributed by atoms with Gasteiger partial charge in [-0.05, 0) is 42.9 Å². The van der Waals surface area contributed by atoms with Gasteiger partial charge in [-0.15, -0.1) is 0 Å². The second-order valence-corrected chi connectivity index (χ2v) is 5.76.